The van der Waals surface area contributed by atoms with Gasteiger partial charge in [-0.2, -0.15) is 4.98 Å². The van der Waals surface area contributed by atoms with Gasteiger partial charge in [-0.25, -0.2) is 9.37 Å². The number of rotatable bonds is 2. The summed E-state index contributed by atoms with van der Waals surface area (Å²) in [5.41, 5.74) is 5.44. The van der Waals surface area contributed by atoms with Crippen LogP contribution >= 0.6 is 11.6 Å². The zero-order valence-electron chi connectivity index (χ0n) is 11.4. The molecule has 6 heteroatoms. The van der Waals surface area contributed by atoms with Gasteiger partial charge in [0.2, 0.25) is 5.88 Å². The molecule has 0 saturated carbocycles. The molecule has 4 nitrogen and oxygen atoms in total. The van der Waals surface area contributed by atoms with Gasteiger partial charge in [0.1, 0.15) is 11.6 Å². The first kappa shape index (κ1) is 14.5. The predicted molar refractivity (Wildman–Crippen MR) is 76.6 cm³/mol. The van der Waals surface area contributed by atoms with Crippen molar-refractivity contribution in [2.45, 2.75) is 26.2 Å². The van der Waals surface area contributed by atoms with Crippen LogP contribution in [0.3, 0.4) is 0 Å². The minimum Gasteiger partial charge on any atom is -0.436 e. The molecule has 0 radical (unpaired) electrons. The van der Waals surface area contributed by atoms with Crippen molar-refractivity contribution in [2.24, 2.45) is 0 Å². The summed E-state index contributed by atoms with van der Waals surface area (Å²) in [5.74, 6) is 0.333. The third-order valence-electron chi connectivity index (χ3n) is 2.52. The van der Waals surface area contributed by atoms with Crippen LogP contribution in [0.4, 0.5) is 10.2 Å². The summed E-state index contributed by atoms with van der Waals surface area (Å²) in [6, 6.07) is 5.94. The molecule has 1 aromatic heterocycles. The minimum absolute atomic E-state index is 0.00420. The third kappa shape index (κ3) is 3.17. The van der Waals surface area contributed by atoms with Gasteiger partial charge < -0.3 is 10.5 Å². The molecule has 0 fully saturated rings. The molecule has 106 valence electrons. The maximum atomic E-state index is 13.8. The number of nitrogens with two attached hydrogens (primary N) is 1. The van der Waals surface area contributed by atoms with Crippen LogP contribution < -0.4 is 10.5 Å². The van der Waals surface area contributed by atoms with Crippen molar-refractivity contribution < 1.29 is 9.13 Å². The minimum atomic E-state index is -0.636. The Morgan fingerprint density at radius 2 is 1.95 bits per heavy atom. The van der Waals surface area contributed by atoms with E-state index in [1.807, 2.05) is 20.8 Å². The number of nitrogens with zero attached hydrogens (tertiary/aromatic N) is 2. The van der Waals surface area contributed by atoms with E-state index in [2.05, 4.69) is 9.97 Å². The van der Waals surface area contributed by atoms with E-state index in [0.717, 1.165) is 0 Å². The lowest BCUT2D eigenvalue weighted by Gasteiger charge is -2.17. The SMILES string of the molecule is CC(C)(C)c1nc(N)cc(Oc2cccc(Cl)c2F)n1. The van der Waals surface area contributed by atoms with Gasteiger partial charge in [-0.3, -0.25) is 0 Å². The topological polar surface area (TPSA) is 61.0 Å². The fourth-order valence-electron chi connectivity index (χ4n) is 1.51. The molecule has 2 N–H and O–H groups in total. The second kappa shape index (κ2) is 5.25. The predicted octanol–water partition coefficient (Wildman–Crippen LogP) is 3.94. The summed E-state index contributed by atoms with van der Waals surface area (Å²) in [6.07, 6.45) is 0. The Morgan fingerprint density at radius 3 is 2.60 bits per heavy atom. The van der Waals surface area contributed by atoms with E-state index in [0.29, 0.717) is 5.82 Å². The number of hydrogen-bond donors (Lipinski definition) is 1. The molecule has 1 aromatic carbocycles. The highest BCUT2D eigenvalue weighted by atomic mass is 35.5. The molecule has 0 saturated heterocycles. The average Bonchev–Trinajstić information content (AvgIpc) is 2.33. The quantitative estimate of drug-likeness (QED) is 0.911. The van der Waals surface area contributed by atoms with Gasteiger partial charge in [0.15, 0.2) is 11.6 Å². The molecular formula is C14H15ClFN3O. The van der Waals surface area contributed by atoms with E-state index in [9.17, 15) is 4.39 Å². The second-order valence-electron chi connectivity index (χ2n) is 5.36. The van der Waals surface area contributed by atoms with Gasteiger partial charge in [-0.05, 0) is 12.1 Å². The van der Waals surface area contributed by atoms with Gasteiger partial charge in [-0.1, -0.05) is 38.4 Å². The van der Waals surface area contributed by atoms with E-state index in [-0.39, 0.29) is 27.9 Å². The van der Waals surface area contributed by atoms with Crippen LogP contribution in [0.5, 0.6) is 11.6 Å². The Morgan fingerprint density at radius 1 is 1.25 bits per heavy atom. The van der Waals surface area contributed by atoms with Crippen molar-refractivity contribution in [3.8, 4) is 11.6 Å². The maximum Gasteiger partial charge on any atom is 0.224 e. The van der Waals surface area contributed by atoms with Crippen molar-refractivity contribution in [1.82, 2.24) is 9.97 Å². The molecule has 0 aliphatic rings. The Bertz CT molecular complexity index is 641. The van der Waals surface area contributed by atoms with Crippen molar-refractivity contribution in [3.63, 3.8) is 0 Å². The largest absolute Gasteiger partial charge is 0.436 e. The summed E-state index contributed by atoms with van der Waals surface area (Å²) in [6.45, 7) is 5.85. The molecule has 1 heterocycles. The van der Waals surface area contributed by atoms with Gasteiger partial charge in [-0.15, -0.1) is 0 Å². The van der Waals surface area contributed by atoms with Crippen molar-refractivity contribution in [1.29, 1.82) is 0 Å². The maximum absolute atomic E-state index is 13.8. The van der Waals surface area contributed by atoms with Crippen molar-refractivity contribution in [3.05, 3.63) is 40.9 Å². The van der Waals surface area contributed by atoms with Crippen LogP contribution in [0, 0.1) is 5.82 Å². The molecule has 0 unspecified atom stereocenters. The smallest absolute Gasteiger partial charge is 0.224 e. The highest BCUT2D eigenvalue weighted by Crippen LogP contribution is 2.29. The first-order chi connectivity index (χ1) is 9.27. The Hall–Kier alpha value is -1.88. The fraction of sp³-hybridized carbons (Fsp3) is 0.286. The first-order valence-corrected chi connectivity index (χ1v) is 6.42. The van der Waals surface area contributed by atoms with E-state index in [1.165, 1.54) is 18.2 Å². The van der Waals surface area contributed by atoms with Gasteiger partial charge in [0, 0.05) is 11.5 Å². The lowest BCUT2D eigenvalue weighted by atomic mass is 9.96. The van der Waals surface area contributed by atoms with Gasteiger partial charge in [0.05, 0.1) is 5.02 Å². The monoisotopic (exact) mass is 295 g/mol. The molecule has 2 rings (SSSR count). The summed E-state index contributed by atoms with van der Waals surface area (Å²) < 4.78 is 19.2. The zero-order chi connectivity index (χ0) is 14.9. The zero-order valence-corrected chi connectivity index (χ0v) is 12.2. The molecule has 0 aliphatic carbocycles. The summed E-state index contributed by atoms with van der Waals surface area (Å²) in [7, 11) is 0. The second-order valence-corrected chi connectivity index (χ2v) is 5.77. The highest BCUT2D eigenvalue weighted by Gasteiger charge is 2.19. The number of benzene rings is 1. The molecule has 0 bridgehead atoms. The molecule has 0 atom stereocenters. The molecule has 0 spiro atoms. The highest BCUT2D eigenvalue weighted by molar-refractivity contribution is 6.30. The fourth-order valence-corrected chi connectivity index (χ4v) is 1.67. The van der Waals surface area contributed by atoms with E-state index >= 15 is 0 Å². The van der Waals surface area contributed by atoms with Crippen LogP contribution in [-0.2, 0) is 5.41 Å². The van der Waals surface area contributed by atoms with Crippen LogP contribution in [0.2, 0.25) is 5.02 Å². The van der Waals surface area contributed by atoms with E-state index < -0.39 is 5.82 Å². The van der Waals surface area contributed by atoms with Crippen LogP contribution in [0.25, 0.3) is 0 Å². The van der Waals surface area contributed by atoms with E-state index in [1.54, 1.807) is 6.07 Å². The number of ether oxygens (including phenoxy) is 1. The number of nitrogen functional groups attached to an aromatic ring is 1. The number of anilines is 1. The molecule has 20 heavy (non-hydrogen) atoms. The van der Waals surface area contributed by atoms with Crippen LogP contribution in [0.1, 0.15) is 26.6 Å². The third-order valence-corrected chi connectivity index (χ3v) is 2.82. The number of halogens is 2. The Kier molecular flexibility index (Phi) is 3.81. The normalized spacial score (nSPS) is 11.4. The first-order valence-electron chi connectivity index (χ1n) is 6.04. The van der Waals surface area contributed by atoms with Crippen molar-refractivity contribution in [2.75, 3.05) is 5.73 Å². The average molecular weight is 296 g/mol. The molecule has 0 aliphatic heterocycles. The number of hydrogen-bond acceptors (Lipinski definition) is 4. The van der Waals surface area contributed by atoms with Crippen LogP contribution in [-0.4, -0.2) is 9.97 Å². The summed E-state index contributed by atoms with van der Waals surface area (Å²) in [5, 5.41) is -0.0134. The Labute approximate surface area is 121 Å². The van der Waals surface area contributed by atoms with Gasteiger partial charge >= 0.3 is 0 Å². The molecule has 0 amide bonds. The molecular weight excluding hydrogens is 281 g/mol. The van der Waals surface area contributed by atoms with Crippen LogP contribution in [0.15, 0.2) is 24.3 Å². The standard InChI is InChI=1S/C14H15ClFN3O/c1-14(2,3)13-18-10(17)7-11(19-13)20-9-6-4-5-8(15)12(9)16/h4-7H,1-3H3,(H2,17,18,19). The van der Waals surface area contributed by atoms with Crippen molar-refractivity contribution >= 4 is 17.4 Å². The van der Waals surface area contributed by atoms with E-state index in [4.69, 9.17) is 22.1 Å². The Balaban J connectivity index is 2.39. The lowest BCUT2D eigenvalue weighted by molar-refractivity contribution is 0.418. The number of aromatic nitrogens is 2. The van der Waals surface area contributed by atoms with Gasteiger partial charge in [0.25, 0.3) is 0 Å². The lowest BCUT2D eigenvalue weighted by Crippen LogP contribution is -2.17. The summed E-state index contributed by atoms with van der Waals surface area (Å²) in [4.78, 5) is 8.40. The summed E-state index contributed by atoms with van der Waals surface area (Å²) >= 11 is 5.70. The molecule has 2 aromatic rings.